The van der Waals surface area contributed by atoms with Crippen LogP contribution in [0, 0.1) is 6.92 Å². The van der Waals surface area contributed by atoms with Gasteiger partial charge in [0, 0.05) is 24.6 Å². The normalized spacial score (nSPS) is 10.5. The molecular weight excluding hydrogens is 190 g/mol. The van der Waals surface area contributed by atoms with E-state index in [0.717, 1.165) is 23.8 Å². The summed E-state index contributed by atoms with van der Waals surface area (Å²) in [5, 5.41) is 0. The van der Waals surface area contributed by atoms with Crippen LogP contribution >= 0.6 is 0 Å². The average molecular weight is 203 g/mol. The number of hydrogen-bond donors (Lipinski definition) is 1. The lowest BCUT2D eigenvalue weighted by Gasteiger charge is -2.05. The standard InChI is InChI=1S/C10H13N5/c1-3-15-5-4-12-9(15)8-6-7(2)13-10(11)14-8/h4-6H,3H2,1-2H3,(H2,11,13,14). The van der Waals surface area contributed by atoms with Crippen LogP contribution in [0.3, 0.4) is 0 Å². The molecule has 2 rings (SSSR count). The molecule has 0 radical (unpaired) electrons. The third-order valence-corrected chi connectivity index (χ3v) is 2.16. The van der Waals surface area contributed by atoms with E-state index in [2.05, 4.69) is 21.9 Å². The van der Waals surface area contributed by atoms with Crippen molar-refractivity contribution in [1.82, 2.24) is 19.5 Å². The number of nitrogens with two attached hydrogens (primary N) is 1. The van der Waals surface area contributed by atoms with Crippen molar-refractivity contribution in [3.8, 4) is 11.5 Å². The van der Waals surface area contributed by atoms with Gasteiger partial charge in [0.25, 0.3) is 0 Å². The summed E-state index contributed by atoms with van der Waals surface area (Å²) in [4.78, 5) is 12.5. The molecule has 0 aliphatic carbocycles. The molecular formula is C10H13N5. The van der Waals surface area contributed by atoms with Crippen LogP contribution < -0.4 is 5.73 Å². The number of nitrogens with zero attached hydrogens (tertiary/aromatic N) is 4. The van der Waals surface area contributed by atoms with Gasteiger partial charge in [0.15, 0.2) is 5.82 Å². The summed E-state index contributed by atoms with van der Waals surface area (Å²) in [5.74, 6) is 1.12. The zero-order chi connectivity index (χ0) is 10.8. The third-order valence-electron chi connectivity index (χ3n) is 2.16. The summed E-state index contributed by atoms with van der Waals surface area (Å²) in [6.45, 7) is 4.81. The van der Waals surface area contributed by atoms with Gasteiger partial charge in [0.1, 0.15) is 5.69 Å². The van der Waals surface area contributed by atoms with Crippen molar-refractivity contribution in [2.24, 2.45) is 0 Å². The number of aryl methyl sites for hydroxylation is 2. The van der Waals surface area contributed by atoms with Crippen LogP contribution in [0.5, 0.6) is 0 Å². The molecule has 2 aromatic heterocycles. The van der Waals surface area contributed by atoms with Gasteiger partial charge in [0.2, 0.25) is 5.95 Å². The molecule has 2 heterocycles. The molecule has 0 aliphatic heterocycles. The maximum Gasteiger partial charge on any atom is 0.220 e. The monoisotopic (exact) mass is 203 g/mol. The van der Waals surface area contributed by atoms with Crippen LogP contribution in [0.1, 0.15) is 12.6 Å². The first-order valence-electron chi connectivity index (χ1n) is 4.83. The highest BCUT2D eigenvalue weighted by Gasteiger charge is 2.07. The number of rotatable bonds is 2. The summed E-state index contributed by atoms with van der Waals surface area (Å²) in [6.07, 6.45) is 3.68. The first kappa shape index (κ1) is 9.64. The second-order valence-electron chi connectivity index (χ2n) is 3.29. The fourth-order valence-electron chi connectivity index (χ4n) is 1.50. The third kappa shape index (κ3) is 1.81. The Balaban J connectivity index is 2.53. The van der Waals surface area contributed by atoms with Crippen LogP contribution in [0.4, 0.5) is 5.95 Å². The van der Waals surface area contributed by atoms with E-state index in [-0.39, 0.29) is 5.95 Å². The molecule has 5 nitrogen and oxygen atoms in total. The molecule has 0 amide bonds. The smallest absolute Gasteiger partial charge is 0.220 e. The SMILES string of the molecule is CCn1ccnc1-c1cc(C)nc(N)n1. The number of hydrogen-bond acceptors (Lipinski definition) is 4. The van der Waals surface area contributed by atoms with Gasteiger partial charge in [-0.3, -0.25) is 0 Å². The summed E-state index contributed by atoms with van der Waals surface area (Å²) >= 11 is 0. The maximum atomic E-state index is 5.60. The summed E-state index contributed by atoms with van der Waals surface area (Å²) in [5.41, 5.74) is 7.22. The van der Waals surface area contributed by atoms with Gasteiger partial charge >= 0.3 is 0 Å². The van der Waals surface area contributed by atoms with Gasteiger partial charge in [0.05, 0.1) is 0 Å². The molecule has 2 N–H and O–H groups in total. The van der Waals surface area contributed by atoms with E-state index >= 15 is 0 Å². The van der Waals surface area contributed by atoms with Crippen LogP contribution in [0.2, 0.25) is 0 Å². The van der Waals surface area contributed by atoms with Crippen LogP contribution in [-0.4, -0.2) is 19.5 Å². The molecule has 0 spiro atoms. The molecule has 0 atom stereocenters. The highest BCUT2D eigenvalue weighted by Crippen LogP contribution is 2.16. The van der Waals surface area contributed by atoms with Gasteiger partial charge in [-0.05, 0) is 19.9 Å². The Kier molecular flexibility index (Phi) is 2.37. The Bertz CT molecular complexity index is 454. The summed E-state index contributed by atoms with van der Waals surface area (Å²) < 4.78 is 2.02. The quantitative estimate of drug-likeness (QED) is 0.797. The van der Waals surface area contributed by atoms with Crippen molar-refractivity contribution < 1.29 is 0 Å². The number of nitrogen functional groups attached to an aromatic ring is 1. The number of anilines is 1. The maximum absolute atomic E-state index is 5.60. The van der Waals surface area contributed by atoms with E-state index in [9.17, 15) is 0 Å². The fraction of sp³-hybridized carbons (Fsp3) is 0.300. The van der Waals surface area contributed by atoms with Gasteiger partial charge in [-0.1, -0.05) is 0 Å². The van der Waals surface area contributed by atoms with E-state index in [1.807, 2.05) is 23.8 Å². The Morgan fingerprint density at radius 1 is 1.40 bits per heavy atom. The minimum absolute atomic E-state index is 0.288. The molecule has 78 valence electrons. The van der Waals surface area contributed by atoms with Crippen molar-refractivity contribution in [1.29, 1.82) is 0 Å². The molecule has 0 saturated heterocycles. The molecule has 5 heteroatoms. The first-order chi connectivity index (χ1) is 7.20. The van der Waals surface area contributed by atoms with E-state index in [1.165, 1.54) is 0 Å². The van der Waals surface area contributed by atoms with Crippen molar-refractivity contribution >= 4 is 5.95 Å². The lowest BCUT2D eigenvalue weighted by atomic mass is 10.3. The van der Waals surface area contributed by atoms with Crippen LogP contribution in [0.15, 0.2) is 18.5 Å². The molecule has 0 aromatic carbocycles. The van der Waals surface area contributed by atoms with E-state index in [1.54, 1.807) is 6.20 Å². The topological polar surface area (TPSA) is 69.6 Å². The Morgan fingerprint density at radius 3 is 2.87 bits per heavy atom. The highest BCUT2D eigenvalue weighted by atomic mass is 15.1. The van der Waals surface area contributed by atoms with Gasteiger partial charge in [-0.25, -0.2) is 15.0 Å². The van der Waals surface area contributed by atoms with Gasteiger partial charge < -0.3 is 10.3 Å². The van der Waals surface area contributed by atoms with Crippen molar-refractivity contribution in [2.75, 3.05) is 5.73 Å². The van der Waals surface area contributed by atoms with Gasteiger partial charge in [-0.2, -0.15) is 0 Å². The molecule has 0 unspecified atom stereocenters. The van der Waals surface area contributed by atoms with E-state index in [0.29, 0.717) is 0 Å². The van der Waals surface area contributed by atoms with Gasteiger partial charge in [-0.15, -0.1) is 0 Å². The minimum Gasteiger partial charge on any atom is -0.368 e. The lowest BCUT2D eigenvalue weighted by molar-refractivity contribution is 0.767. The van der Waals surface area contributed by atoms with E-state index < -0.39 is 0 Å². The predicted molar refractivity (Wildman–Crippen MR) is 58.1 cm³/mol. The number of imidazole rings is 1. The fourth-order valence-corrected chi connectivity index (χ4v) is 1.50. The second kappa shape index (κ2) is 3.68. The lowest BCUT2D eigenvalue weighted by Crippen LogP contribution is -2.02. The Labute approximate surface area is 88.0 Å². The largest absolute Gasteiger partial charge is 0.368 e. The molecule has 0 bridgehead atoms. The second-order valence-corrected chi connectivity index (χ2v) is 3.29. The predicted octanol–water partition coefficient (Wildman–Crippen LogP) is 1.25. The molecule has 0 aliphatic rings. The summed E-state index contributed by atoms with van der Waals surface area (Å²) in [7, 11) is 0. The summed E-state index contributed by atoms with van der Waals surface area (Å²) in [6, 6.07) is 1.88. The molecule has 0 fully saturated rings. The van der Waals surface area contributed by atoms with Crippen LogP contribution in [0.25, 0.3) is 11.5 Å². The highest BCUT2D eigenvalue weighted by molar-refractivity contribution is 5.52. The Hall–Kier alpha value is -1.91. The zero-order valence-corrected chi connectivity index (χ0v) is 8.81. The number of aromatic nitrogens is 4. The molecule has 2 aromatic rings. The van der Waals surface area contributed by atoms with Crippen molar-refractivity contribution in [3.05, 3.63) is 24.2 Å². The zero-order valence-electron chi connectivity index (χ0n) is 8.81. The van der Waals surface area contributed by atoms with Crippen molar-refractivity contribution in [3.63, 3.8) is 0 Å². The minimum atomic E-state index is 0.288. The Morgan fingerprint density at radius 2 is 2.20 bits per heavy atom. The first-order valence-corrected chi connectivity index (χ1v) is 4.83. The van der Waals surface area contributed by atoms with Crippen molar-refractivity contribution in [2.45, 2.75) is 20.4 Å². The average Bonchev–Trinajstić information content (AvgIpc) is 2.63. The van der Waals surface area contributed by atoms with E-state index in [4.69, 9.17) is 5.73 Å². The van der Waals surface area contributed by atoms with Crippen LogP contribution in [-0.2, 0) is 6.54 Å². The molecule has 0 saturated carbocycles. The molecule has 15 heavy (non-hydrogen) atoms.